The average molecular weight is 441 g/mol. The van der Waals surface area contributed by atoms with Crippen LogP contribution in [0.3, 0.4) is 0 Å². The number of methoxy groups -OCH3 is 1. The van der Waals surface area contributed by atoms with E-state index in [1.54, 1.807) is 31.2 Å². The van der Waals surface area contributed by atoms with Crippen molar-refractivity contribution in [1.82, 2.24) is 0 Å². The van der Waals surface area contributed by atoms with Crippen LogP contribution in [0.1, 0.15) is 36.6 Å². The summed E-state index contributed by atoms with van der Waals surface area (Å²) >= 11 is 5.99. The third-order valence-electron chi connectivity index (χ3n) is 4.50. The van der Waals surface area contributed by atoms with Crippen LogP contribution in [0.2, 0.25) is 5.02 Å². The number of esters is 1. The fourth-order valence-electron chi connectivity index (χ4n) is 2.81. The summed E-state index contributed by atoms with van der Waals surface area (Å²) in [7, 11) is 1.23. The number of rotatable bonds is 5. The second-order valence-corrected chi connectivity index (χ2v) is 7.01. The van der Waals surface area contributed by atoms with E-state index in [4.69, 9.17) is 11.6 Å². The molecule has 0 unspecified atom stereocenters. The van der Waals surface area contributed by atoms with Crippen LogP contribution in [0.25, 0.3) is 0 Å². The van der Waals surface area contributed by atoms with Gasteiger partial charge in [-0.05, 0) is 55.0 Å². The maximum absolute atomic E-state index is 13.9. The Morgan fingerprint density at radius 1 is 0.903 bits per heavy atom. The molecule has 0 saturated carbocycles. The van der Waals surface area contributed by atoms with Gasteiger partial charge in [-0.1, -0.05) is 29.8 Å². The molecule has 0 spiro atoms. The van der Waals surface area contributed by atoms with Crippen molar-refractivity contribution in [3.05, 3.63) is 93.8 Å². The second-order valence-electron chi connectivity index (χ2n) is 6.60. The van der Waals surface area contributed by atoms with Crippen LogP contribution in [0.15, 0.2) is 60.7 Å². The Hall–Kier alpha value is -3.71. The van der Waals surface area contributed by atoms with Gasteiger partial charge in [-0.25, -0.2) is 9.18 Å². The third kappa shape index (κ3) is 5.07. The molecule has 2 amide bonds. The Morgan fingerprint density at radius 2 is 1.65 bits per heavy atom. The minimum Gasteiger partial charge on any atom is -0.465 e. The number of benzene rings is 3. The minimum absolute atomic E-state index is 0.103. The lowest BCUT2D eigenvalue weighted by Crippen LogP contribution is -2.16. The van der Waals surface area contributed by atoms with E-state index < -0.39 is 23.6 Å². The lowest BCUT2D eigenvalue weighted by Gasteiger charge is -2.12. The van der Waals surface area contributed by atoms with Gasteiger partial charge < -0.3 is 15.4 Å². The molecule has 6 nitrogen and oxygen atoms in total. The smallest absolute Gasteiger partial charge is 0.339 e. The molecule has 0 aromatic heterocycles. The van der Waals surface area contributed by atoms with Crippen LogP contribution >= 0.6 is 11.6 Å². The molecule has 8 heteroatoms. The molecule has 0 saturated heterocycles. The number of nitrogens with one attached hydrogen (secondary N) is 2. The van der Waals surface area contributed by atoms with E-state index in [1.807, 2.05) is 0 Å². The summed E-state index contributed by atoms with van der Waals surface area (Å²) in [6.07, 6.45) is 0. The fraction of sp³-hybridized carbons (Fsp3) is 0.0870. The van der Waals surface area contributed by atoms with Crippen molar-refractivity contribution in [2.75, 3.05) is 17.7 Å². The molecule has 0 fully saturated rings. The normalized spacial score (nSPS) is 10.3. The zero-order valence-corrected chi connectivity index (χ0v) is 17.4. The largest absolute Gasteiger partial charge is 0.465 e. The number of aryl methyl sites for hydroxylation is 1. The van der Waals surface area contributed by atoms with Gasteiger partial charge >= 0.3 is 5.97 Å². The highest BCUT2D eigenvalue weighted by Gasteiger charge is 2.16. The Balaban J connectivity index is 1.81. The van der Waals surface area contributed by atoms with Crippen molar-refractivity contribution < 1.29 is 23.5 Å². The molecule has 158 valence electrons. The van der Waals surface area contributed by atoms with Gasteiger partial charge in [0.1, 0.15) is 5.82 Å². The summed E-state index contributed by atoms with van der Waals surface area (Å²) in [5.41, 5.74) is 1.67. The monoisotopic (exact) mass is 440 g/mol. The summed E-state index contributed by atoms with van der Waals surface area (Å²) in [5, 5.41) is 5.49. The number of amides is 2. The number of anilines is 2. The van der Waals surface area contributed by atoms with E-state index in [1.165, 1.54) is 43.5 Å². The average Bonchev–Trinajstić information content (AvgIpc) is 2.76. The molecule has 0 heterocycles. The molecule has 3 aromatic rings. The molecule has 3 aromatic carbocycles. The summed E-state index contributed by atoms with van der Waals surface area (Å²) in [4.78, 5) is 36.9. The SMILES string of the molecule is COC(=O)c1cc(NC(=O)c2ccc(C)c(NC(=O)c3ccccc3F)c2)ccc1Cl. The van der Waals surface area contributed by atoms with E-state index in [9.17, 15) is 18.8 Å². The molecule has 0 aliphatic rings. The first-order valence-electron chi connectivity index (χ1n) is 9.16. The van der Waals surface area contributed by atoms with Crippen LogP contribution in [0.5, 0.6) is 0 Å². The van der Waals surface area contributed by atoms with Gasteiger partial charge in [0, 0.05) is 16.9 Å². The van der Waals surface area contributed by atoms with E-state index >= 15 is 0 Å². The van der Waals surface area contributed by atoms with Crippen molar-refractivity contribution in [3.8, 4) is 0 Å². The highest BCUT2D eigenvalue weighted by molar-refractivity contribution is 6.33. The molecule has 0 radical (unpaired) electrons. The maximum Gasteiger partial charge on any atom is 0.339 e. The highest BCUT2D eigenvalue weighted by Crippen LogP contribution is 2.23. The van der Waals surface area contributed by atoms with Crippen molar-refractivity contribution in [3.63, 3.8) is 0 Å². The van der Waals surface area contributed by atoms with E-state index in [0.717, 1.165) is 0 Å². The van der Waals surface area contributed by atoms with Crippen LogP contribution in [0.4, 0.5) is 15.8 Å². The quantitative estimate of drug-likeness (QED) is 0.542. The Kier molecular flexibility index (Phi) is 6.67. The molecule has 0 bridgehead atoms. The summed E-state index contributed by atoms with van der Waals surface area (Å²) in [6.45, 7) is 1.75. The number of hydrogen-bond acceptors (Lipinski definition) is 4. The van der Waals surface area contributed by atoms with Gasteiger partial charge in [-0.15, -0.1) is 0 Å². The summed E-state index contributed by atoms with van der Waals surface area (Å²) < 4.78 is 18.5. The van der Waals surface area contributed by atoms with Gasteiger partial charge in [0.05, 0.1) is 23.3 Å². The first-order valence-corrected chi connectivity index (χ1v) is 9.53. The predicted molar refractivity (Wildman–Crippen MR) is 116 cm³/mol. The van der Waals surface area contributed by atoms with Gasteiger partial charge in [0.15, 0.2) is 0 Å². The topological polar surface area (TPSA) is 84.5 Å². The molecule has 31 heavy (non-hydrogen) atoms. The molecule has 0 atom stereocenters. The van der Waals surface area contributed by atoms with E-state index in [0.29, 0.717) is 16.9 Å². The van der Waals surface area contributed by atoms with Gasteiger partial charge in [0.25, 0.3) is 11.8 Å². The summed E-state index contributed by atoms with van der Waals surface area (Å²) in [5.74, 6) is -2.37. The Morgan fingerprint density at radius 3 is 2.35 bits per heavy atom. The summed E-state index contributed by atoms with van der Waals surface area (Å²) in [6, 6.07) is 14.8. The first-order chi connectivity index (χ1) is 14.8. The molecular formula is C23H18ClFN2O4. The third-order valence-corrected chi connectivity index (χ3v) is 4.83. The lowest BCUT2D eigenvalue weighted by molar-refractivity contribution is 0.0600. The maximum atomic E-state index is 13.9. The lowest BCUT2D eigenvalue weighted by atomic mass is 10.1. The Bertz CT molecular complexity index is 1180. The molecule has 0 aliphatic heterocycles. The van der Waals surface area contributed by atoms with Gasteiger partial charge in [0.2, 0.25) is 0 Å². The van der Waals surface area contributed by atoms with Crippen molar-refractivity contribution >= 4 is 40.8 Å². The van der Waals surface area contributed by atoms with Crippen molar-refractivity contribution in [1.29, 1.82) is 0 Å². The number of carbonyl (C=O) groups is 3. The van der Waals surface area contributed by atoms with E-state index in [2.05, 4.69) is 15.4 Å². The molecule has 0 aliphatic carbocycles. The van der Waals surface area contributed by atoms with Gasteiger partial charge in [-0.3, -0.25) is 9.59 Å². The van der Waals surface area contributed by atoms with Crippen LogP contribution in [-0.2, 0) is 4.74 Å². The number of ether oxygens (including phenoxy) is 1. The number of carbonyl (C=O) groups excluding carboxylic acids is 3. The number of halogens is 2. The van der Waals surface area contributed by atoms with Crippen LogP contribution < -0.4 is 10.6 Å². The predicted octanol–water partition coefficient (Wildman–Crippen LogP) is 5.08. The zero-order chi connectivity index (χ0) is 22.5. The molecule has 3 rings (SSSR count). The van der Waals surface area contributed by atoms with Crippen LogP contribution in [0, 0.1) is 12.7 Å². The zero-order valence-electron chi connectivity index (χ0n) is 16.7. The second kappa shape index (κ2) is 9.40. The van der Waals surface area contributed by atoms with E-state index in [-0.39, 0.29) is 21.7 Å². The fourth-order valence-corrected chi connectivity index (χ4v) is 3.00. The molecule has 2 N–H and O–H groups in total. The van der Waals surface area contributed by atoms with Crippen molar-refractivity contribution in [2.45, 2.75) is 6.92 Å². The van der Waals surface area contributed by atoms with Crippen molar-refractivity contribution in [2.24, 2.45) is 0 Å². The Labute approximate surface area is 183 Å². The first kappa shape index (κ1) is 22.0. The van der Waals surface area contributed by atoms with Crippen LogP contribution in [-0.4, -0.2) is 24.9 Å². The minimum atomic E-state index is -0.643. The number of hydrogen-bond donors (Lipinski definition) is 2. The molecular weight excluding hydrogens is 423 g/mol. The van der Waals surface area contributed by atoms with Gasteiger partial charge in [-0.2, -0.15) is 0 Å². The standard InChI is InChI=1S/C23H18ClFN2O4/c1-13-7-8-14(11-20(13)27-22(29)16-5-3-4-6-19(16)25)21(28)26-15-9-10-18(24)17(12-15)23(30)31-2/h3-12H,1-2H3,(H,26,28)(H,27,29). The highest BCUT2D eigenvalue weighted by atomic mass is 35.5.